The van der Waals surface area contributed by atoms with Crippen LogP contribution in [0.1, 0.15) is 63.1 Å². The third-order valence-corrected chi connectivity index (χ3v) is 8.01. The van der Waals surface area contributed by atoms with E-state index in [0.717, 1.165) is 16.7 Å². The van der Waals surface area contributed by atoms with Gasteiger partial charge in [-0.15, -0.1) is 0 Å². The Kier molecular flexibility index (Phi) is 9.01. The molecule has 0 aliphatic carbocycles. The number of anilines is 1. The quantitative estimate of drug-likeness (QED) is 0.313. The van der Waals surface area contributed by atoms with Gasteiger partial charge in [0.1, 0.15) is 17.9 Å². The van der Waals surface area contributed by atoms with Crippen molar-refractivity contribution in [3.63, 3.8) is 0 Å². The van der Waals surface area contributed by atoms with E-state index in [1.54, 1.807) is 12.4 Å². The average molecular weight is 552 g/mol. The molecule has 11 heteroatoms. The van der Waals surface area contributed by atoms with Crippen LogP contribution >= 0.6 is 0 Å². The Labute approximate surface area is 233 Å². The standard InChI is InChI=1S/C29H37N5O6/c1-4-16(2)22(10-17(3)35)27(38)33-23-9-8-19-6-5-7-20-12-24(34(26(19)20)29(23)40)28(39)32-21(13-25(36)37)11-18-14-30-31-15-18/h5-7,14-16,21-24H,4,8-13H2,1-3H3,(H,30,31)(H,32,39)(H,33,38)(H,36,37)/t16-,21+,22-,23?,24-/m0/s1. The fourth-order valence-electron chi connectivity index (χ4n) is 5.76. The first-order valence-corrected chi connectivity index (χ1v) is 13.8. The van der Waals surface area contributed by atoms with Crippen molar-refractivity contribution < 1.29 is 29.1 Å². The number of aromatic amines is 1. The van der Waals surface area contributed by atoms with Gasteiger partial charge in [-0.2, -0.15) is 5.10 Å². The van der Waals surface area contributed by atoms with Gasteiger partial charge in [0.15, 0.2) is 0 Å². The lowest BCUT2D eigenvalue weighted by Gasteiger charge is -2.30. The van der Waals surface area contributed by atoms with E-state index < -0.39 is 35.9 Å². The SMILES string of the molecule is CC[C@H](C)[C@H](CC(C)=O)C(=O)NC1CCc2cccc3c2N(C1=O)[C@H](C(=O)N[C@@H](CC(=O)O)Cc1cn[nH]c1)C3. The first kappa shape index (κ1) is 29.0. The highest BCUT2D eigenvalue weighted by atomic mass is 16.4. The highest BCUT2D eigenvalue weighted by Gasteiger charge is 2.44. The molecule has 2 aromatic rings. The molecule has 0 saturated carbocycles. The predicted molar refractivity (Wildman–Crippen MR) is 146 cm³/mol. The first-order valence-electron chi connectivity index (χ1n) is 13.8. The first-order chi connectivity index (χ1) is 19.1. The molecule has 1 aromatic heterocycles. The molecule has 1 unspecified atom stereocenters. The average Bonchev–Trinajstić information content (AvgIpc) is 3.53. The van der Waals surface area contributed by atoms with E-state index >= 15 is 0 Å². The summed E-state index contributed by atoms with van der Waals surface area (Å²) >= 11 is 0. The van der Waals surface area contributed by atoms with Crippen LogP contribution in [-0.4, -0.2) is 62.9 Å². The van der Waals surface area contributed by atoms with Gasteiger partial charge in [-0.05, 0) is 48.8 Å². The second kappa shape index (κ2) is 12.4. The van der Waals surface area contributed by atoms with E-state index in [1.165, 1.54) is 11.8 Å². The van der Waals surface area contributed by atoms with Gasteiger partial charge in [-0.3, -0.25) is 29.2 Å². The molecule has 0 radical (unpaired) electrons. The molecule has 0 saturated heterocycles. The summed E-state index contributed by atoms with van der Waals surface area (Å²) in [4.78, 5) is 65.8. The molecule has 4 rings (SSSR count). The number of ketones is 1. The maximum absolute atomic E-state index is 14.0. The maximum atomic E-state index is 14.0. The van der Waals surface area contributed by atoms with Crippen LogP contribution in [0.25, 0.3) is 0 Å². The summed E-state index contributed by atoms with van der Waals surface area (Å²) in [5.41, 5.74) is 3.21. The Hall–Kier alpha value is -4.02. The number of H-pyrrole nitrogens is 1. The van der Waals surface area contributed by atoms with Gasteiger partial charge in [-0.1, -0.05) is 38.5 Å². The van der Waals surface area contributed by atoms with Crippen molar-refractivity contribution in [3.05, 3.63) is 47.3 Å². The number of Topliss-reactive ketones (excluding diaryl/α,β-unsaturated/α-hetero) is 1. The van der Waals surface area contributed by atoms with Crippen molar-refractivity contribution in [3.8, 4) is 0 Å². The summed E-state index contributed by atoms with van der Waals surface area (Å²) in [6.45, 7) is 5.33. The number of hydrogen-bond donors (Lipinski definition) is 4. The van der Waals surface area contributed by atoms with Gasteiger partial charge in [-0.25, -0.2) is 0 Å². The summed E-state index contributed by atoms with van der Waals surface area (Å²) in [6, 6.07) is 3.26. The third kappa shape index (κ3) is 6.40. The molecule has 5 atom stereocenters. The Morgan fingerprint density at radius 1 is 1.20 bits per heavy atom. The van der Waals surface area contributed by atoms with Crippen LogP contribution in [0.15, 0.2) is 30.6 Å². The lowest BCUT2D eigenvalue weighted by Crippen LogP contribution is -2.56. The van der Waals surface area contributed by atoms with Crippen molar-refractivity contribution >= 4 is 35.2 Å². The van der Waals surface area contributed by atoms with Crippen molar-refractivity contribution in [1.29, 1.82) is 0 Å². The van der Waals surface area contributed by atoms with Crippen LogP contribution in [0.3, 0.4) is 0 Å². The summed E-state index contributed by atoms with van der Waals surface area (Å²) in [5, 5.41) is 21.8. The molecule has 3 amide bonds. The monoisotopic (exact) mass is 551 g/mol. The molecule has 3 heterocycles. The van der Waals surface area contributed by atoms with Crippen molar-refractivity contribution in [1.82, 2.24) is 20.8 Å². The van der Waals surface area contributed by atoms with Crippen LogP contribution in [0.2, 0.25) is 0 Å². The van der Waals surface area contributed by atoms with E-state index in [4.69, 9.17) is 0 Å². The molecule has 0 fully saturated rings. The normalized spacial score (nSPS) is 20.2. The number of rotatable bonds is 12. The smallest absolute Gasteiger partial charge is 0.305 e. The van der Waals surface area contributed by atoms with Gasteiger partial charge in [0, 0.05) is 31.0 Å². The topological polar surface area (TPSA) is 162 Å². The number of carboxylic acids is 1. The van der Waals surface area contributed by atoms with E-state index in [0.29, 0.717) is 24.9 Å². The lowest BCUT2D eigenvalue weighted by atomic mass is 9.86. The highest BCUT2D eigenvalue weighted by molar-refractivity contribution is 6.08. The van der Waals surface area contributed by atoms with Gasteiger partial charge in [0.25, 0.3) is 0 Å². The largest absolute Gasteiger partial charge is 0.481 e. The Bertz CT molecular complexity index is 1280. The molecule has 1 aromatic carbocycles. The van der Waals surface area contributed by atoms with Gasteiger partial charge in [0.2, 0.25) is 17.7 Å². The van der Waals surface area contributed by atoms with Gasteiger partial charge < -0.3 is 20.5 Å². The number of aromatic nitrogens is 2. The zero-order chi connectivity index (χ0) is 29.0. The van der Waals surface area contributed by atoms with Crippen molar-refractivity contribution in [2.45, 2.75) is 83.8 Å². The molecule has 0 spiro atoms. The van der Waals surface area contributed by atoms with Gasteiger partial charge in [0.05, 0.1) is 18.3 Å². The van der Waals surface area contributed by atoms with Crippen LogP contribution in [-0.2, 0) is 43.2 Å². The van der Waals surface area contributed by atoms with Crippen molar-refractivity contribution in [2.24, 2.45) is 11.8 Å². The minimum absolute atomic E-state index is 0.0414. The number of nitrogens with one attached hydrogen (secondary N) is 3. The summed E-state index contributed by atoms with van der Waals surface area (Å²) < 4.78 is 0. The molecular weight excluding hydrogens is 514 g/mol. The number of aryl methyl sites for hydroxylation is 1. The molecule has 40 heavy (non-hydrogen) atoms. The van der Waals surface area contributed by atoms with E-state index in [9.17, 15) is 29.1 Å². The fraction of sp³-hybridized carbons (Fsp3) is 0.517. The zero-order valence-corrected chi connectivity index (χ0v) is 23.1. The minimum Gasteiger partial charge on any atom is -0.481 e. The highest BCUT2D eigenvalue weighted by Crippen LogP contribution is 2.39. The molecule has 2 aliphatic heterocycles. The second-order valence-corrected chi connectivity index (χ2v) is 11.0. The number of aliphatic carboxylic acids is 1. The van der Waals surface area contributed by atoms with Crippen molar-refractivity contribution in [2.75, 3.05) is 4.90 Å². The van der Waals surface area contributed by atoms with Crippen LogP contribution < -0.4 is 15.5 Å². The number of carbonyl (C=O) groups excluding carboxylic acids is 4. The van der Waals surface area contributed by atoms with E-state index in [1.807, 2.05) is 32.0 Å². The Morgan fingerprint density at radius 2 is 1.95 bits per heavy atom. The summed E-state index contributed by atoms with van der Waals surface area (Å²) in [6.07, 6.45) is 5.18. The van der Waals surface area contributed by atoms with Crippen LogP contribution in [0, 0.1) is 11.8 Å². The molecule has 4 N–H and O–H groups in total. The fourth-order valence-corrected chi connectivity index (χ4v) is 5.76. The Morgan fingerprint density at radius 3 is 2.60 bits per heavy atom. The summed E-state index contributed by atoms with van der Waals surface area (Å²) in [5.74, 6) is -2.91. The molecule has 214 valence electrons. The molecular formula is C29H37N5O6. The number of benzene rings is 1. The predicted octanol–water partition coefficient (Wildman–Crippen LogP) is 1.94. The third-order valence-electron chi connectivity index (χ3n) is 8.01. The van der Waals surface area contributed by atoms with Gasteiger partial charge >= 0.3 is 5.97 Å². The summed E-state index contributed by atoms with van der Waals surface area (Å²) in [7, 11) is 0. The van der Waals surface area contributed by atoms with Crippen LogP contribution in [0.5, 0.6) is 0 Å². The number of amides is 3. The maximum Gasteiger partial charge on any atom is 0.305 e. The number of hydrogen-bond acceptors (Lipinski definition) is 6. The van der Waals surface area contributed by atoms with Crippen LogP contribution in [0.4, 0.5) is 5.69 Å². The second-order valence-electron chi connectivity index (χ2n) is 11.0. The number of carboxylic acid groups (broad SMARTS) is 1. The number of para-hydroxylation sites is 1. The van der Waals surface area contributed by atoms with E-state index in [2.05, 4.69) is 20.8 Å². The zero-order valence-electron chi connectivity index (χ0n) is 23.1. The molecule has 11 nitrogen and oxygen atoms in total. The minimum atomic E-state index is -1.05. The van der Waals surface area contributed by atoms with E-state index in [-0.39, 0.29) is 49.2 Å². The number of carbonyl (C=O) groups is 5. The Balaban J connectivity index is 1.58. The number of nitrogens with zero attached hydrogens (tertiary/aromatic N) is 2. The molecule has 0 bridgehead atoms. The molecule has 2 aliphatic rings. The lowest BCUT2D eigenvalue weighted by molar-refractivity contribution is -0.138.